The van der Waals surface area contributed by atoms with Gasteiger partial charge in [-0.1, -0.05) is 11.6 Å². The van der Waals surface area contributed by atoms with E-state index < -0.39 is 12.1 Å². The lowest BCUT2D eigenvalue weighted by Crippen LogP contribution is -2.17. The van der Waals surface area contributed by atoms with E-state index in [2.05, 4.69) is 14.7 Å². The van der Waals surface area contributed by atoms with E-state index in [9.17, 15) is 13.2 Å². The molecule has 0 atom stereocenters. The Hall–Kier alpha value is -2.06. The number of rotatable bonds is 8. The Morgan fingerprint density at radius 3 is 2.64 bits per heavy atom. The Morgan fingerprint density at radius 1 is 1.11 bits per heavy atom. The highest BCUT2D eigenvalue weighted by Gasteiger charge is 2.32. The summed E-state index contributed by atoms with van der Waals surface area (Å²) in [6, 6.07) is 4.54. The fourth-order valence-electron chi connectivity index (χ4n) is 2.79. The minimum atomic E-state index is -4.78. The summed E-state index contributed by atoms with van der Waals surface area (Å²) in [5.74, 6) is 0.443. The van der Waals surface area contributed by atoms with E-state index in [1.807, 2.05) is 19.2 Å². The molecule has 9 heteroatoms. The van der Waals surface area contributed by atoms with Gasteiger partial charge in [-0.15, -0.1) is 24.5 Å². The van der Waals surface area contributed by atoms with Crippen LogP contribution >= 0.6 is 22.9 Å². The normalized spacial score (nSPS) is 11.8. The van der Waals surface area contributed by atoms with Crippen molar-refractivity contribution < 1.29 is 22.6 Å². The maximum Gasteiger partial charge on any atom is 0.573 e. The Kier molecular flexibility index (Phi) is 6.61. The van der Waals surface area contributed by atoms with Gasteiger partial charge in [-0.3, -0.25) is 4.98 Å². The Bertz CT molecular complexity index is 947. The first-order valence-electron chi connectivity index (χ1n) is 8.76. The van der Waals surface area contributed by atoms with Gasteiger partial charge < -0.3 is 9.47 Å². The van der Waals surface area contributed by atoms with Gasteiger partial charge in [-0.05, 0) is 50.8 Å². The lowest BCUT2D eigenvalue weighted by atomic mass is 10.1. The van der Waals surface area contributed by atoms with E-state index >= 15 is 0 Å². The van der Waals surface area contributed by atoms with Crippen LogP contribution in [0.3, 0.4) is 0 Å². The third kappa shape index (κ3) is 5.26. The molecule has 0 fully saturated rings. The quantitative estimate of drug-likeness (QED) is 0.399. The number of ether oxygens (including phenoxy) is 2. The minimum Gasteiger partial charge on any atom is -0.493 e. The van der Waals surface area contributed by atoms with Gasteiger partial charge in [0.05, 0.1) is 21.8 Å². The van der Waals surface area contributed by atoms with Gasteiger partial charge in [0.1, 0.15) is 16.5 Å². The standard InChI is InChI=1S/C19H18ClF3N2O2S/c1-2-26-14-9-10-24-11-12(14)5-3-4-6-16-25-13-7-8-15(27-19(21,22)23)17(20)18(13)28-16/h7-11H,2-6H2,1H3. The second-order valence-corrected chi connectivity index (χ2v) is 7.47. The van der Waals surface area contributed by atoms with Crippen molar-refractivity contribution >= 4 is 33.2 Å². The zero-order chi connectivity index (χ0) is 20.1. The first-order valence-corrected chi connectivity index (χ1v) is 9.96. The monoisotopic (exact) mass is 430 g/mol. The maximum atomic E-state index is 12.4. The number of benzene rings is 1. The lowest BCUT2D eigenvalue weighted by molar-refractivity contribution is -0.274. The number of nitrogens with zero attached hydrogens (tertiary/aromatic N) is 2. The Morgan fingerprint density at radius 2 is 1.89 bits per heavy atom. The van der Waals surface area contributed by atoms with Crippen molar-refractivity contribution in [3.8, 4) is 11.5 Å². The molecule has 4 nitrogen and oxygen atoms in total. The van der Waals surface area contributed by atoms with Gasteiger partial charge >= 0.3 is 6.36 Å². The molecule has 0 saturated heterocycles. The van der Waals surface area contributed by atoms with E-state index in [-0.39, 0.29) is 5.02 Å². The molecule has 0 saturated carbocycles. The van der Waals surface area contributed by atoms with Crippen molar-refractivity contribution in [1.29, 1.82) is 0 Å². The molecule has 0 unspecified atom stereocenters. The zero-order valence-corrected chi connectivity index (χ0v) is 16.6. The third-order valence-electron chi connectivity index (χ3n) is 3.98. The van der Waals surface area contributed by atoms with Crippen LogP contribution in [0.2, 0.25) is 5.02 Å². The number of aryl methyl sites for hydroxylation is 2. The van der Waals surface area contributed by atoms with Crippen molar-refractivity contribution in [2.24, 2.45) is 0 Å². The van der Waals surface area contributed by atoms with Crippen LogP contribution in [-0.4, -0.2) is 22.9 Å². The van der Waals surface area contributed by atoms with E-state index in [0.29, 0.717) is 16.8 Å². The van der Waals surface area contributed by atoms with Crippen LogP contribution in [-0.2, 0) is 12.8 Å². The topological polar surface area (TPSA) is 44.2 Å². The highest BCUT2D eigenvalue weighted by Crippen LogP contribution is 2.38. The molecule has 0 radical (unpaired) electrons. The molecule has 3 aromatic rings. The summed E-state index contributed by atoms with van der Waals surface area (Å²) >= 11 is 7.37. The number of halogens is 4. The Balaban J connectivity index is 1.62. The fraction of sp³-hybridized carbons (Fsp3) is 0.368. The molecule has 2 aromatic heterocycles. The first kappa shape index (κ1) is 20.7. The second-order valence-electron chi connectivity index (χ2n) is 6.00. The molecule has 0 spiro atoms. The summed E-state index contributed by atoms with van der Waals surface area (Å²) in [7, 11) is 0. The van der Waals surface area contributed by atoms with E-state index in [1.165, 1.54) is 23.5 Å². The van der Waals surface area contributed by atoms with Gasteiger partial charge in [0, 0.05) is 18.0 Å². The first-order chi connectivity index (χ1) is 13.4. The van der Waals surface area contributed by atoms with Gasteiger partial charge in [0.2, 0.25) is 0 Å². The molecule has 0 amide bonds. The predicted molar refractivity (Wildman–Crippen MR) is 103 cm³/mol. The van der Waals surface area contributed by atoms with Crippen LogP contribution in [0, 0.1) is 0 Å². The predicted octanol–water partition coefficient (Wildman–Crippen LogP) is 6.21. The van der Waals surface area contributed by atoms with Crippen LogP contribution in [0.4, 0.5) is 13.2 Å². The highest BCUT2D eigenvalue weighted by molar-refractivity contribution is 7.19. The number of hydrogen-bond donors (Lipinski definition) is 0. The van der Waals surface area contributed by atoms with Crippen molar-refractivity contribution in [3.05, 3.63) is 46.2 Å². The molecule has 0 N–H and O–H groups in total. The third-order valence-corrected chi connectivity index (χ3v) is 5.61. The van der Waals surface area contributed by atoms with Gasteiger partial charge in [0.15, 0.2) is 0 Å². The van der Waals surface area contributed by atoms with Crippen molar-refractivity contribution in [1.82, 2.24) is 9.97 Å². The van der Waals surface area contributed by atoms with Crippen LogP contribution in [0.5, 0.6) is 11.5 Å². The van der Waals surface area contributed by atoms with Crippen molar-refractivity contribution in [2.75, 3.05) is 6.61 Å². The maximum absolute atomic E-state index is 12.4. The molecule has 0 aliphatic heterocycles. The molecule has 0 aliphatic carbocycles. The van der Waals surface area contributed by atoms with E-state index in [1.54, 1.807) is 6.20 Å². The summed E-state index contributed by atoms with van der Waals surface area (Å²) in [4.78, 5) is 8.60. The average molecular weight is 431 g/mol. The van der Waals surface area contributed by atoms with Crippen LogP contribution < -0.4 is 9.47 Å². The number of unbranched alkanes of at least 4 members (excludes halogenated alkanes) is 1. The number of hydrogen-bond acceptors (Lipinski definition) is 5. The Labute approximate surface area is 169 Å². The number of pyridine rings is 1. The largest absolute Gasteiger partial charge is 0.573 e. The number of thiazole rings is 1. The smallest absolute Gasteiger partial charge is 0.493 e. The summed E-state index contributed by atoms with van der Waals surface area (Å²) < 4.78 is 47.4. The van der Waals surface area contributed by atoms with Gasteiger partial charge in [-0.2, -0.15) is 0 Å². The molecule has 2 heterocycles. The number of fused-ring (bicyclic) bond motifs is 1. The molecule has 0 aliphatic rings. The van der Waals surface area contributed by atoms with Crippen molar-refractivity contribution in [2.45, 2.75) is 39.0 Å². The van der Waals surface area contributed by atoms with Crippen LogP contribution in [0.25, 0.3) is 10.2 Å². The second kappa shape index (κ2) is 8.96. The number of alkyl halides is 3. The summed E-state index contributed by atoms with van der Waals surface area (Å²) in [5.41, 5.74) is 1.64. The molecule has 1 aromatic carbocycles. The fourth-order valence-corrected chi connectivity index (χ4v) is 4.14. The van der Waals surface area contributed by atoms with E-state index in [0.717, 1.165) is 42.0 Å². The molecule has 28 heavy (non-hydrogen) atoms. The van der Waals surface area contributed by atoms with Crippen molar-refractivity contribution in [3.63, 3.8) is 0 Å². The zero-order valence-electron chi connectivity index (χ0n) is 15.1. The van der Waals surface area contributed by atoms with Gasteiger partial charge in [-0.25, -0.2) is 4.98 Å². The average Bonchev–Trinajstić information content (AvgIpc) is 3.06. The summed E-state index contributed by atoms with van der Waals surface area (Å²) in [5, 5.41) is 0.771. The molecular formula is C19H18ClF3N2O2S. The van der Waals surface area contributed by atoms with Crippen LogP contribution in [0.1, 0.15) is 30.3 Å². The summed E-state index contributed by atoms with van der Waals surface area (Å²) in [6.45, 7) is 2.54. The lowest BCUT2D eigenvalue weighted by Gasteiger charge is -2.09. The van der Waals surface area contributed by atoms with Crippen LogP contribution in [0.15, 0.2) is 30.6 Å². The number of aromatic nitrogens is 2. The van der Waals surface area contributed by atoms with Gasteiger partial charge in [0.25, 0.3) is 0 Å². The van der Waals surface area contributed by atoms with E-state index in [4.69, 9.17) is 16.3 Å². The summed E-state index contributed by atoms with van der Waals surface area (Å²) in [6.07, 6.45) is 2.08. The molecule has 150 valence electrons. The molecule has 0 bridgehead atoms. The molecular weight excluding hydrogens is 413 g/mol. The highest BCUT2D eigenvalue weighted by atomic mass is 35.5. The minimum absolute atomic E-state index is 0.0599. The molecule has 3 rings (SSSR count). The SMILES string of the molecule is CCOc1ccncc1CCCCc1nc2ccc(OC(F)(F)F)c(Cl)c2s1.